The first-order chi connectivity index (χ1) is 24.9. The zero-order valence-electron chi connectivity index (χ0n) is 29.8. The van der Waals surface area contributed by atoms with Crippen molar-refractivity contribution >= 4 is 45.9 Å². The number of carbonyl (C=O) groups is 1. The molecule has 1 aromatic heterocycles. The summed E-state index contributed by atoms with van der Waals surface area (Å²) in [7, 11) is 3.41. The highest BCUT2D eigenvalue weighted by Crippen LogP contribution is 2.47. The summed E-state index contributed by atoms with van der Waals surface area (Å²) in [5, 5.41) is 4.86. The SMILES string of the molecule is COc1cc2c(cc1OC)C(c1ccccc1)N(CCCCSCCC(=O)NCCC1=C[C@H]3Cc4nc5cc(Cl)ccc5c(N)c4[C@H](C1)C3)CC2. The summed E-state index contributed by atoms with van der Waals surface area (Å²) in [4.78, 5) is 20.3. The molecule has 1 amide bonds. The number of anilines is 1. The Balaban J connectivity index is 0.830. The summed E-state index contributed by atoms with van der Waals surface area (Å²) in [6.07, 6.45) is 10.2. The van der Waals surface area contributed by atoms with Crippen molar-refractivity contribution in [2.45, 2.75) is 63.3 Å². The highest BCUT2D eigenvalue weighted by atomic mass is 35.5. The minimum Gasteiger partial charge on any atom is -0.493 e. The van der Waals surface area contributed by atoms with E-state index < -0.39 is 0 Å². The molecule has 0 saturated carbocycles. The number of nitrogen functional groups attached to an aromatic ring is 1. The van der Waals surface area contributed by atoms with Crippen LogP contribution in [0.15, 0.2) is 72.3 Å². The minimum atomic E-state index is 0.146. The van der Waals surface area contributed by atoms with E-state index in [2.05, 4.69) is 58.8 Å². The Morgan fingerprint density at radius 1 is 1.04 bits per heavy atom. The molecular formula is C42H49ClN4O3S. The van der Waals surface area contributed by atoms with Crippen LogP contribution in [0.3, 0.4) is 0 Å². The van der Waals surface area contributed by atoms with Gasteiger partial charge in [0.2, 0.25) is 5.91 Å². The third-order valence-corrected chi connectivity index (χ3v) is 12.2. The Hall–Kier alpha value is -3.72. The van der Waals surface area contributed by atoms with Gasteiger partial charge in [0.25, 0.3) is 0 Å². The van der Waals surface area contributed by atoms with E-state index in [4.69, 9.17) is 31.8 Å². The van der Waals surface area contributed by atoms with E-state index in [1.165, 1.54) is 27.8 Å². The van der Waals surface area contributed by atoms with Crippen LogP contribution >= 0.6 is 23.4 Å². The maximum absolute atomic E-state index is 12.7. The van der Waals surface area contributed by atoms with Crippen LogP contribution in [0.1, 0.15) is 78.4 Å². The number of amides is 1. The number of carbonyl (C=O) groups excluding carboxylic acids is 1. The molecule has 0 spiro atoms. The van der Waals surface area contributed by atoms with Gasteiger partial charge in [-0.25, -0.2) is 0 Å². The van der Waals surface area contributed by atoms with E-state index >= 15 is 0 Å². The Morgan fingerprint density at radius 2 is 1.86 bits per heavy atom. The van der Waals surface area contributed by atoms with Crippen molar-refractivity contribution in [2.75, 3.05) is 51.1 Å². The number of allylic oxidation sites excluding steroid dienone is 1. The van der Waals surface area contributed by atoms with Crippen LogP contribution in [0, 0.1) is 5.92 Å². The number of hydrogen-bond donors (Lipinski definition) is 2. The summed E-state index contributed by atoms with van der Waals surface area (Å²) in [5.74, 6) is 4.51. The first kappa shape index (κ1) is 35.7. The van der Waals surface area contributed by atoms with Crippen LogP contribution < -0.4 is 20.5 Å². The fourth-order valence-corrected chi connectivity index (χ4v) is 9.58. The molecule has 3 aliphatic rings. The monoisotopic (exact) mass is 724 g/mol. The average Bonchev–Trinajstić information content (AvgIpc) is 3.13. The van der Waals surface area contributed by atoms with E-state index in [0.717, 1.165) is 103 Å². The molecule has 4 aromatic rings. The average molecular weight is 725 g/mol. The van der Waals surface area contributed by atoms with Crippen molar-refractivity contribution in [3.8, 4) is 11.5 Å². The number of rotatable bonds is 14. The summed E-state index contributed by atoms with van der Waals surface area (Å²) < 4.78 is 11.3. The van der Waals surface area contributed by atoms with Crippen molar-refractivity contribution in [3.63, 3.8) is 0 Å². The molecule has 2 bridgehead atoms. The first-order valence-electron chi connectivity index (χ1n) is 18.4. The molecule has 3 N–H and O–H groups in total. The van der Waals surface area contributed by atoms with Gasteiger partial charge < -0.3 is 20.5 Å². The van der Waals surface area contributed by atoms with Crippen LogP contribution in [-0.2, 0) is 17.6 Å². The molecule has 268 valence electrons. The summed E-state index contributed by atoms with van der Waals surface area (Å²) in [5.41, 5.74) is 16.2. The number of nitrogens with zero attached hydrogens (tertiary/aromatic N) is 2. The van der Waals surface area contributed by atoms with Gasteiger partial charge in [-0.1, -0.05) is 53.6 Å². The number of nitrogens with two attached hydrogens (primary N) is 1. The van der Waals surface area contributed by atoms with Crippen LogP contribution in [0.25, 0.3) is 10.9 Å². The fourth-order valence-electron chi connectivity index (χ4n) is 8.47. The second-order valence-corrected chi connectivity index (χ2v) is 15.8. The number of aromatic nitrogens is 1. The van der Waals surface area contributed by atoms with Gasteiger partial charge in [0.05, 0.1) is 25.8 Å². The maximum Gasteiger partial charge on any atom is 0.220 e. The smallest absolute Gasteiger partial charge is 0.220 e. The number of fused-ring (bicyclic) bond motifs is 6. The first-order valence-corrected chi connectivity index (χ1v) is 19.9. The van der Waals surface area contributed by atoms with E-state index in [-0.39, 0.29) is 11.9 Å². The van der Waals surface area contributed by atoms with Crippen molar-refractivity contribution in [3.05, 3.63) is 105 Å². The number of methoxy groups -OCH3 is 2. The number of thioether (sulfide) groups is 1. The van der Waals surface area contributed by atoms with Gasteiger partial charge in [-0.05, 0) is 116 Å². The third-order valence-electron chi connectivity index (χ3n) is 10.9. The van der Waals surface area contributed by atoms with Crippen LogP contribution in [0.4, 0.5) is 5.69 Å². The topological polar surface area (TPSA) is 89.7 Å². The van der Waals surface area contributed by atoms with Gasteiger partial charge in [0.15, 0.2) is 11.5 Å². The lowest BCUT2D eigenvalue weighted by Gasteiger charge is -2.38. The molecule has 3 aromatic carbocycles. The predicted molar refractivity (Wildman–Crippen MR) is 210 cm³/mol. The molecule has 1 aliphatic heterocycles. The summed E-state index contributed by atoms with van der Waals surface area (Å²) in [6, 6.07) is 21.1. The molecule has 1 unspecified atom stereocenters. The standard InChI is InChI=1S/C42H49ClN4O3S/c1-49-37-24-30-13-17-47(42(29-8-4-3-5-9-29)34(30)26-38(37)50-2)16-6-7-18-51-19-14-39(48)45-15-12-27-20-28-22-31(21-27)40-36(23-28)46-35-25-32(43)10-11-33(35)41(40)44/h3-5,8-11,20,24-26,28,31,42H,6-7,12-19,21-23H2,1-2H3,(H2,44,46)(H,45,48)/t28-,31-,42?/m1/s1. The molecule has 51 heavy (non-hydrogen) atoms. The zero-order valence-corrected chi connectivity index (χ0v) is 31.3. The molecule has 0 saturated heterocycles. The number of hydrogen-bond acceptors (Lipinski definition) is 7. The van der Waals surface area contributed by atoms with Crippen molar-refractivity contribution in [2.24, 2.45) is 5.92 Å². The number of ether oxygens (including phenoxy) is 2. The molecule has 2 heterocycles. The molecule has 0 fully saturated rings. The molecule has 0 radical (unpaired) electrons. The Labute approximate surface area is 311 Å². The van der Waals surface area contributed by atoms with Gasteiger partial charge in [-0.15, -0.1) is 0 Å². The number of unbranched alkanes of at least 4 members (excludes halogenated alkanes) is 1. The molecular weight excluding hydrogens is 676 g/mol. The lowest BCUT2D eigenvalue weighted by Crippen LogP contribution is -2.37. The summed E-state index contributed by atoms with van der Waals surface area (Å²) in [6.45, 7) is 2.73. The van der Waals surface area contributed by atoms with Crippen LogP contribution in [0.5, 0.6) is 11.5 Å². The number of nitrogens with one attached hydrogen (secondary N) is 1. The van der Waals surface area contributed by atoms with Gasteiger partial charge in [-0.2, -0.15) is 11.8 Å². The highest BCUT2D eigenvalue weighted by molar-refractivity contribution is 7.99. The predicted octanol–water partition coefficient (Wildman–Crippen LogP) is 8.52. The van der Waals surface area contributed by atoms with E-state index in [0.29, 0.717) is 29.8 Å². The maximum atomic E-state index is 12.7. The lowest BCUT2D eigenvalue weighted by atomic mass is 9.70. The van der Waals surface area contributed by atoms with Crippen molar-refractivity contribution in [1.29, 1.82) is 0 Å². The summed E-state index contributed by atoms with van der Waals surface area (Å²) >= 11 is 8.12. The fraction of sp³-hybridized carbons (Fsp3) is 0.429. The normalized spacial score (nSPS) is 19.6. The Kier molecular flexibility index (Phi) is 11.4. The number of pyridine rings is 1. The van der Waals surface area contributed by atoms with E-state index in [9.17, 15) is 4.79 Å². The molecule has 7 rings (SSSR count). The molecule has 7 nitrogen and oxygen atoms in total. The van der Waals surface area contributed by atoms with E-state index in [1.54, 1.807) is 14.2 Å². The van der Waals surface area contributed by atoms with Crippen LogP contribution in [-0.4, -0.2) is 61.2 Å². The van der Waals surface area contributed by atoms with Crippen molar-refractivity contribution < 1.29 is 14.3 Å². The second-order valence-electron chi connectivity index (χ2n) is 14.1. The Bertz CT molecular complexity index is 1900. The zero-order chi connectivity index (χ0) is 35.3. The van der Waals surface area contributed by atoms with E-state index in [1.807, 2.05) is 30.0 Å². The second kappa shape index (κ2) is 16.3. The van der Waals surface area contributed by atoms with Gasteiger partial charge >= 0.3 is 0 Å². The third kappa shape index (κ3) is 8.03. The molecule has 2 aliphatic carbocycles. The van der Waals surface area contributed by atoms with Gasteiger partial charge in [-0.3, -0.25) is 14.7 Å². The van der Waals surface area contributed by atoms with Crippen molar-refractivity contribution in [1.82, 2.24) is 15.2 Å². The number of benzene rings is 3. The van der Waals surface area contributed by atoms with Gasteiger partial charge in [0.1, 0.15) is 0 Å². The highest BCUT2D eigenvalue weighted by Gasteiger charge is 2.34. The van der Waals surface area contributed by atoms with Crippen LogP contribution in [0.2, 0.25) is 5.02 Å². The lowest BCUT2D eigenvalue weighted by molar-refractivity contribution is -0.120. The quantitative estimate of drug-likeness (QED) is 0.0996. The largest absolute Gasteiger partial charge is 0.493 e. The molecule has 3 atom stereocenters. The van der Waals surface area contributed by atoms with Gasteiger partial charge in [0, 0.05) is 52.6 Å². The minimum absolute atomic E-state index is 0.146. The molecule has 9 heteroatoms. The Morgan fingerprint density at radius 3 is 2.69 bits per heavy atom. The number of halogens is 1.